The van der Waals surface area contributed by atoms with E-state index in [0.29, 0.717) is 0 Å². The van der Waals surface area contributed by atoms with Crippen LogP contribution in [0, 0.1) is 30.6 Å². The molecule has 0 aromatic heterocycles. The van der Waals surface area contributed by atoms with E-state index in [1.165, 1.54) is 43.4 Å². The maximum atomic E-state index is 3.59. The molecule has 1 heteroatoms. The number of aryl methyl sites for hydroxylation is 1. The van der Waals surface area contributed by atoms with Crippen LogP contribution in [-0.4, -0.2) is 13.1 Å². The average molecular weight is 287 g/mol. The van der Waals surface area contributed by atoms with Gasteiger partial charge in [0.15, 0.2) is 0 Å². The molecule has 1 fully saturated rings. The quantitative estimate of drug-likeness (QED) is 0.789. The molecule has 1 N–H and O–H groups in total. The van der Waals surface area contributed by atoms with Crippen LogP contribution in [0.5, 0.6) is 0 Å². The summed E-state index contributed by atoms with van der Waals surface area (Å²) in [6, 6.07) is 9.19. The van der Waals surface area contributed by atoms with E-state index in [0.717, 1.165) is 30.2 Å². The van der Waals surface area contributed by atoms with Crippen LogP contribution in [-0.2, 0) is 6.42 Å². The van der Waals surface area contributed by atoms with Crippen molar-refractivity contribution in [3.8, 4) is 0 Å². The SMILES string of the molecule is CCNCC1CCC(C(C)C)CC1Cc1ccc(C)cc1. The smallest absolute Gasteiger partial charge is 0.00179 e. The lowest BCUT2D eigenvalue weighted by Crippen LogP contribution is -2.35. The molecule has 2 rings (SSSR count). The Morgan fingerprint density at radius 2 is 1.81 bits per heavy atom. The molecule has 1 aliphatic carbocycles. The standard InChI is InChI=1S/C20H33N/c1-5-21-14-19-11-10-18(15(2)3)13-20(19)12-17-8-6-16(4)7-9-17/h6-9,15,18-21H,5,10-14H2,1-4H3. The lowest BCUT2D eigenvalue weighted by Gasteiger charge is -2.38. The first-order valence-corrected chi connectivity index (χ1v) is 8.86. The predicted octanol–water partition coefficient (Wildman–Crippen LogP) is 4.84. The van der Waals surface area contributed by atoms with Crippen molar-refractivity contribution in [1.29, 1.82) is 0 Å². The van der Waals surface area contributed by atoms with Gasteiger partial charge >= 0.3 is 0 Å². The van der Waals surface area contributed by atoms with Crippen LogP contribution >= 0.6 is 0 Å². The zero-order chi connectivity index (χ0) is 15.2. The topological polar surface area (TPSA) is 12.0 Å². The van der Waals surface area contributed by atoms with E-state index in [2.05, 4.69) is 57.3 Å². The summed E-state index contributed by atoms with van der Waals surface area (Å²) in [5, 5.41) is 3.59. The van der Waals surface area contributed by atoms with Gasteiger partial charge in [0.2, 0.25) is 0 Å². The summed E-state index contributed by atoms with van der Waals surface area (Å²) in [5.41, 5.74) is 2.89. The van der Waals surface area contributed by atoms with Gasteiger partial charge in [0.1, 0.15) is 0 Å². The molecular weight excluding hydrogens is 254 g/mol. The van der Waals surface area contributed by atoms with Gasteiger partial charge in [-0.1, -0.05) is 50.6 Å². The first kappa shape index (κ1) is 16.5. The van der Waals surface area contributed by atoms with E-state index < -0.39 is 0 Å². The molecule has 1 saturated carbocycles. The van der Waals surface area contributed by atoms with Crippen molar-refractivity contribution < 1.29 is 0 Å². The number of nitrogens with one attached hydrogen (secondary N) is 1. The van der Waals surface area contributed by atoms with Gasteiger partial charge in [0, 0.05) is 0 Å². The van der Waals surface area contributed by atoms with E-state index in [9.17, 15) is 0 Å². The summed E-state index contributed by atoms with van der Waals surface area (Å²) < 4.78 is 0. The number of rotatable bonds is 6. The third-order valence-electron chi connectivity index (χ3n) is 5.40. The Bertz CT molecular complexity index is 406. The summed E-state index contributed by atoms with van der Waals surface area (Å²) >= 11 is 0. The van der Waals surface area contributed by atoms with Crippen LogP contribution in [0.1, 0.15) is 51.2 Å². The van der Waals surface area contributed by atoms with Gasteiger partial charge in [0.25, 0.3) is 0 Å². The van der Waals surface area contributed by atoms with E-state index in [1.807, 2.05) is 0 Å². The molecule has 1 nitrogen and oxygen atoms in total. The van der Waals surface area contributed by atoms with Crippen LogP contribution in [0.25, 0.3) is 0 Å². The third kappa shape index (κ3) is 4.85. The number of hydrogen-bond donors (Lipinski definition) is 1. The first-order valence-electron chi connectivity index (χ1n) is 8.86. The van der Waals surface area contributed by atoms with Crippen molar-refractivity contribution in [3.05, 3.63) is 35.4 Å². The van der Waals surface area contributed by atoms with E-state index in [1.54, 1.807) is 0 Å². The zero-order valence-electron chi connectivity index (χ0n) is 14.4. The Morgan fingerprint density at radius 3 is 2.43 bits per heavy atom. The van der Waals surface area contributed by atoms with Crippen molar-refractivity contribution in [2.45, 2.75) is 53.4 Å². The third-order valence-corrected chi connectivity index (χ3v) is 5.40. The number of hydrogen-bond acceptors (Lipinski definition) is 1. The second kappa shape index (κ2) is 7.98. The lowest BCUT2D eigenvalue weighted by atomic mass is 9.68. The second-order valence-electron chi connectivity index (χ2n) is 7.33. The van der Waals surface area contributed by atoms with Crippen LogP contribution in [0.4, 0.5) is 0 Å². The van der Waals surface area contributed by atoms with Crippen LogP contribution in [0.2, 0.25) is 0 Å². The molecule has 1 aromatic carbocycles. The van der Waals surface area contributed by atoms with Gasteiger partial charge in [0.05, 0.1) is 0 Å². The Balaban J connectivity index is 2.03. The van der Waals surface area contributed by atoms with Crippen molar-refractivity contribution in [2.24, 2.45) is 23.7 Å². The molecule has 3 atom stereocenters. The van der Waals surface area contributed by atoms with Gasteiger partial charge in [-0.05, 0) is 74.9 Å². The van der Waals surface area contributed by atoms with Gasteiger partial charge < -0.3 is 5.32 Å². The normalized spacial score (nSPS) is 26.2. The van der Waals surface area contributed by atoms with Crippen LogP contribution in [0.3, 0.4) is 0 Å². The van der Waals surface area contributed by atoms with Crippen molar-refractivity contribution in [1.82, 2.24) is 5.32 Å². The predicted molar refractivity (Wildman–Crippen MR) is 92.6 cm³/mol. The Labute approximate surface area is 131 Å². The summed E-state index contributed by atoms with van der Waals surface area (Å²) in [4.78, 5) is 0. The summed E-state index contributed by atoms with van der Waals surface area (Å²) in [5.74, 6) is 3.48. The monoisotopic (exact) mass is 287 g/mol. The molecule has 0 amide bonds. The average Bonchev–Trinajstić information content (AvgIpc) is 2.48. The molecule has 0 heterocycles. The molecule has 21 heavy (non-hydrogen) atoms. The lowest BCUT2D eigenvalue weighted by molar-refractivity contribution is 0.145. The summed E-state index contributed by atoms with van der Waals surface area (Å²) in [7, 11) is 0. The van der Waals surface area contributed by atoms with Crippen LogP contribution in [0.15, 0.2) is 24.3 Å². The highest BCUT2D eigenvalue weighted by atomic mass is 14.8. The maximum Gasteiger partial charge on any atom is -0.00179 e. The number of benzene rings is 1. The maximum absolute atomic E-state index is 3.59. The van der Waals surface area contributed by atoms with Gasteiger partial charge in [-0.3, -0.25) is 0 Å². The highest BCUT2D eigenvalue weighted by molar-refractivity contribution is 5.21. The molecular formula is C20H33N. The minimum Gasteiger partial charge on any atom is -0.317 e. The zero-order valence-corrected chi connectivity index (χ0v) is 14.4. The fourth-order valence-electron chi connectivity index (χ4n) is 3.84. The fraction of sp³-hybridized carbons (Fsp3) is 0.700. The molecule has 0 bridgehead atoms. The van der Waals surface area contributed by atoms with E-state index in [-0.39, 0.29) is 0 Å². The van der Waals surface area contributed by atoms with E-state index >= 15 is 0 Å². The Morgan fingerprint density at radius 1 is 1.10 bits per heavy atom. The van der Waals surface area contributed by atoms with Crippen molar-refractivity contribution >= 4 is 0 Å². The molecule has 1 aliphatic rings. The minimum atomic E-state index is 0.839. The van der Waals surface area contributed by atoms with Crippen molar-refractivity contribution in [2.75, 3.05) is 13.1 Å². The Kier molecular flexibility index (Phi) is 6.29. The highest BCUT2D eigenvalue weighted by Crippen LogP contribution is 2.39. The fourth-order valence-corrected chi connectivity index (χ4v) is 3.84. The van der Waals surface area contributed by atoms with Gasteiger partial charge in [-0.2, -0.15) is 0 Å². The van der Waals surface area contributed by atoms with Gasteiger partial charge in [-0.15, -0.1) is 0 Å². The van der Waals surface area contributed by atoms with E-state index in [4.69, 9.17) is 0 Å². The largest absolute Gasteiger partial charge is 0.317 e. The van der Waals surface area contributed by atoms with Crippen LogP contribution < -0.4 is 5.32 Å². The second-order valence-corrected chi connectivity index (χ2v) is 7.33. The molecule has 118 valence electrons. The molecule has 0 radical (unpaired) electrons. The first-order chi connectivity index (χ1) is 10.1. The Hall–Kier alpha value is -0.820. The van der Waals surface area contributed by atoms with Crippen molar-refractivity contribution in [3.63, 3.8) is 0 Å². The molecule has 3 unspecified atom stereocenters. The summed E-state index contributed by atoms with van der Waals surface area (Å²) in [6.45, 7) is 11.5. The molecule has 1 aromatic rings. The minimum absolute atomic E-state index is 0.839. The molecule has 0 spiro atoms. The molecule has 0 aliphatic heterocycles. The summed E-state index contributed by atoms with van der Waals surface area (Å²) in [6.07, 6.45) is 5.52. The van der Waals surface area contributed by atoms with Gasteiger partial charge in [-0.25, -0.2) is 0 Å². The highest BCUT2D eigenvalue weighted by Gasteiger charge is 2.31. The molecule has 0 saturated heterocycles.